The van der Waals surface area contributed by atoms with Crippen LogP contribution in [0.15, 0.2) is 18.2 Å². The Kier molecular flexibility index (Phi) is 5.42. The Balaban J connectivity index is 2.47. The Labute approximate surface area is 99.8 Å². The molecule has 3 N–H and O–H groups in total. The summed E-state index contributed by atoms with van der Waals surface area (Å²) in [5, 5.41) is 3.24. The van der Waals surface area contributed by atoms with Gasteiger partial charge in [-0.1, -0.05) is 18.3 Å². The highest BCUT2D eigenvalue weighted by atomic mass is 32.2. The first-order valence-electron chi connectivity index (χ1n) is 4.73. The minimum absolute atomic E-state index is 0.336. The van der Waals surface area contributed by atoms with Crippen molar-refractivity contribution in [2.45, 2.75) is 6.42 Å². The SMILES string of the molecule is CSCCCNc1cccc(C(N)=S)n1. The van der Waals surface area contributed by atoms with Crippen molar-refractivity contribution >= 4 is 34.8 Å². The number of rotatable bonds is 6. The summed E-state index contributed by atoms with van der Waals surface area (Å²) in [6.45, 7) is 0.925. The van der Waals surface area contributed by atoms with E-state index >= 15 is 0 Å². The van der Waals surface area contributed by atoms with Crippen LogP contribution in [0.2, 0.25) is 0 Å². The second-order valence-corrected chi connectivity index (χ2v) is 4.47. The zero-order valence-electron chi connectivity index (χ0n) is 8.69. The van der Waals surface area contributed by atoms with Gasteiger partial charge in [0.25, 0.3) is 0 Å². The lowest BCUT2D eigenvalue weighted by molar-refractivity contribution is 0.981. The molecule has 0 amide bonds. The van der Waals surface area contributed by atoms with Crippen molar-refractivity contribution in [1.82, 2.24) is 4.98 Å². The number of thiocarbonyl (C=S) groups is 1. The van der Waals surface area contributed by atoms with E-state index in [1.54, 1.807) is 0 Å². The number of thioether (sulfide) groups is 1. The molecule has 5 heteroatoms. The summed E-state index contributed by atoms with van der Waals surface area (Å²) in [5.41, 5.74) is 6.16. The van der Waals surface area contributed by atoms with E-state index in [1.807, 2.05) is 30.0 Å². The number of nitrogens with two attached hydrogens (primary N) is 1. The molecule has 15 heavy (non-hydrogen) atoms. The minimum atomic E-state index is 0.336. The molecule has 1 rings (SSSR count). The summed E-state index contributed by atoms with van der Waals surface area (Å²) in [4.78, 5) is 4.62. The first-order chi connectivity index (χ1) is 7.24. The number of pyridine rings is 1. The van der Waals surface area contributed by atoms with Gasteiger partial charge in [0.2, 0.25) is 0 Å². The quantitative estimate of drug-likeness (QED) is 0.588. The smallest absolute Gasteiger partial charge is 0.126 e. The van der Waals surface area contributed by atoms with E-state index in [2.05, 4.69) is 16.6 Å². The molecule has 3 nitrogen and oxygen atoms in total. The number of nitrogens with zero attached hydrogens (tertiary/aromatic N) is 1. The number of nitrogens with one attached hydrogen (secondary N) is 1. The van der Waals surface area contributed by atoms with E-state index in [9.17, 15) is 0 Å². The second kappa shape index (κ2) is 6.63. The second-order valence-electron chi connectivity index (χ2n) is 3.05. The van der Waals surface area contributed by atoms with Gasteiger partial charge in [0.05, 0.1) is 5.69 Å². The molecule has 82 valence electrons. The van der Waals surface area contributed by atoms with Crippen molar-refractivity contribution in [1.29, 1.82) is 0 Å². The largest absolute Gasteiger partial charge is 0.388 e. The summed E-state index contributed by atoms with van der Waals surface area (Å²) < 4.78 is 0. The Morgan fingerprint density at radius 3 is 3.07 bits per heavy atom. The van der Waals surface area contributed by atoms with Gasteiger partial charge >= 0.3 is 0 Å². The van der Waals surface area contributed by atoms with Crippen molar-refractivity contribution in [3.8, 4) is 0 Å². The highest BCUT2D eigenvalue weighted by Gasteiger charge is 1.98. The highest BCUT2D eigenvalue weighted by Crippen LogP contribution is 2.05. The minimum Gasteiger partial charge on any atom is -0.388 e. The zero-order valence-corrected chi connectivity index (χ0v) is 10.3. The van der Waals surface area contributed by atoms with Crippen LogP contribution < -0.4 is 11.1 Å². The molecule has 0 atom stereocenters. The molecular weight excluding hydrogens is 226 g/mol. The van der Waals surface area contributed by atoms with E-state index in [0.29, 0.717) is 10.7 Å². The maximum atomic E-state index is 5.50. The van der Waals surface area contributed by atoms with E-state index < -0.39 is 0 Å². The zero-order chi connectivity index (χ0) is 11.1. The molecule has 0 unspecified atom stereocenters. The van der Waals surface area contributed by atoms with Gasteiger partial charge in [0, 0.05) is 6.54 Å². The van der Waals surface area contributed by atoms with Crippen molar-refractivity contribution in [2.75, 3.05) is 23.9 Å². The molecule has 0 spiro atoms. The Bertz CT molecular complexity index is 328. The Morgan fingerprint density at radius 2 is 2.40 bits per heavy atom. The van der Waals surface area contributed by atoms with Crippen molar-refractivity contribution in [3.05, 3.63) is 23.9 Å². The lowest BCUT2D eigenvalue weighted by Gasteiger charge is -2.06. The van der Waals surface area contributed by atoms with Crippen LogP contribution in [0.25, 0.3) is 0 Å². The summed E-state index contributed by atoms with van der Waals surface area (Å²) >= 11 is 6.70. The standard InChI is InChI=1S/C10H15N3S2/c1-15-7-3-6-12-9-5-2-4-8(13-9)10(11)14/h2,4-5H,3,6-7H2,1H3,(H2,11,14)(H,12,13). The molecule has 0 radical (unpaired) electrons. The van der Waals surface area contributed by atoms with Gasteiger partial charge in [0.1, 0.15) is 10.8 Å². The lowest BCUT2D eigenvalue weighted by atomic mass is 10.3. The van der Waals surface area contributed by atoms with Gasteiger partial charge in [0.15, 0.2) is 0 Å². The molecular formula is C10H15N3S2. The van der Waals surface area contributed by atoms with Crippen LogP contribution >= 0.6 is 24.0 Å². The fourth-order valence-corrected chi connectivity index (χ4v) is 1.65. The van der Waals surface area contributed by atoms with Crippen LogP contribution in [0.4, 0.5) is 5.82 Å². The third-order valence-electron chi connectivity index (χ3n) is 1.83. The highest BCUT2D eigenvalue weighted by molar-refractivity contribution is 7.98. The van der Waals surface area contributed by atoms with Crippen LogP contribution in [0.5, 0.6) is 0 Å². The molecule has 0 fully saturated rings. The van der Waals surface area contributed by atoms with Crippen molar-refractivity contribution in [2.24, 2.45) is 5.73 Å². The van der Waals surface area contributed by atoms with Crippen LogP contribution in [-0.2, 0) is 0 Å². The molecule has 0 aliphatic heterocycles. The average Bonchev–Trinajstić information content (AvgIpc) is 2.25. The van der Waals surface area contributed by atoms with E-state index in [4.69, 9.17) is 18.0 Å². The number of aromatic nitrogens is 1. The first-order valence-corrected chi connectivity index (χ1v) is 6.54. The molecule has 0 saturated carbocycles. The predicted molar refractivity (Wildman–Crippen MR) is 71.6 cm³/mol. The van der Waals surface area contributed by atoms with E-state index in [0.717, 1.165) is 24.5 Å². The van der Waals surface area contributed by atoms with Gasteiger partial charge in [-0.25, -0.2) is 4.98 Å². The van der Waals surface area contributed by atoms with Gasteiger partial charge in [-0.3, -0.25) is 0 Å². The van der Waals surface area contributed by atoms with Gasteiger partial charge < -0.3 is 11.1 Å². The van der Waals surface area contributed by atoms with E-state index in [-0.39, 0.29) is 0 Å². The van der Waals surface area contributed by atoms with Crippen molar-refractivity contribution in [3.63, 3.8) is 0 Å². The summed E-state index contributed by atoms with van der Waals surface area (Å²) in [7, 11) is 0. The maximum absolute atomic E-state index is 5.50. The van der Waals surface area contributed by atoms with Crippen LogP contribution in [0.1, 0.15) is 12.1 Å². The topological polar surface area (TPSA) is 50.9 Å². The third-order valence-corrected chi connectivity index (χ3v) is 2.74. The maximum Gasteiger partial charge on any atom is 0.126 e. The number of hydrogen-bond acceptors (Lipinski definition) is 4. The molecule has 0 aliphatic carbocycles. The lowest BCUT2D eigenvalue weighted by Crippen LogP contribution is -2.13. The number of anilines is 1. The van der Waals surface area contributed by atoms with Gasteiger partial charge in [-0.2, -0.15) is 11.8 Å². The summed E-state index contributed by atoms with van der Waals surface area (Å²) in [6, 6.07) is 5.63. The molecule has 1 aromatic heterocycles. The van der Waals surface area contributed by atoms with E-state index in [1.165, 1.54) is 0 Å². The predicted octanol–water partition coefficient (Wildman–Crippen LogP) is 1.88. The fraction of sp³-hybridized carbons (Fsp3) is 0.400. The molecule has 1 aromatic rings. The van der Waals surface area contributed by atoms with Crippen molar-refractivity contribution < 1.29 is 0 Å². The van der Waals surface area contributed by atoms with Gasteiger partial charge in [-0.15, -0.1) is 0 Å². The first kappa shape index (κ1) is 12.3. The average molecular weight is 241 g/mol. The summed E-state index contributed by atoms with van der Waals surface area (Å²) in [6.07, 6.45) is 3.23. The number of hydrogen-bond donors (Lipinski definition) is 2. The van der Waals surface area contributed by atoms with Crippen LogP contribution in [0, 0.1) is 0 Å². The van der Waals surface area contributed by atoms with Crippen LogP contribution in [0.3, 0.4) is 0 Å². The normalized spacial score (nSPS) is 9.93. The monoisotopic (exact) mass is 241 g/mol. The summed E-state index contributed by atoms with van der Waals surface area (Å²) in [5.74, 6) is 1.99. The third kappa shape index (κ3) is 4.48. The molecule has 0 aliphatic rings. The fourth-order valence-electron chi connectivity index (χ4n) is 1.10. The molecule has 1 heterocycles. The Hall–Kier alpha value is -0.810. The molecule has 0 bridgehead atoms. The van der Waals surface area contributed by atoms with Crippen LogP contribution in [-0.4, -0.2) is 28.5 Å². The Morgan fingerprint density at radius 1 is 1.60 bits per heavy atom. The molecule has 0 aromatic carbocycles. The molecule has 0 saturated heterocycles. The van der Waals surface area contributed by atoms with Gasteiger partial charge in [-0.05, 0) is 30.6 Å².